The lowest BCUT2D eigenvalue weighted by molar-refractivity contribution is -0.138. The lowest BCUT2D eigenvalue weighted by atomic mass is 10.2. The number of halogens is 4. The molecule has 0 saturated carbocycles. The molecule has 1 aromatic carbocycles. The molecule has 0 aliphatic carbocycles. The van der Waals surface area contributed by atoms with Gasteiger partial charge in [-0.2, -0.15) is 21.6 Å². The standard InChI is InChI=1S/C7H4BrF3O3S/c8-6-2-1-4(15(12,13)14)3-5(6)7(9,10)11/h1-3H,(H,12,13,14). The molecule has 3 nitrogen and oxygen atoms in total. The van der Waals surface area contributed by atoms with Crippen molar-refractivity contribution in [3.8, 4) is 0 Å². The van der Waals surface area contributed by atoms with E-state index in [1.807, 2.05) is 0 Å². The lowest BCUT2D eigenvalue weighted by Crippen LogP contribution is -2.08. The largest absolute Gasteiger partial charge is 0.417 e. The van der Waals surface area contributed by atoms with E-state index in [-0.39, 0.29) is 4.47 Å². The maximum absolute atomic E-state index is 12.3. The Hall–Kier alpha value is -0.600. The van der Waals surface area contributed by atoms with E-state index in [1.165, 1.54) is 0 Å². The van der Waals surface area contributed by atoms with Crippen LogP contribution in [0, 0.1) is 0 Å². The average molecular weight is 305 g/mol. The number of hydrogen-bond donors (Lipinski definition) is 1. The minimum atomic E-state index is -4.68. The minimum Gasteiger partial charge on any atom is -0.282 e. The van der Waals surface area contributed by atoms with Crippen LogP contribution in [0.15, 0.2) is 27.6 Å². The molecule has 0 fully saturated rings. The quantitative estimate of drug-likeness (QED) is 0.812. The molecule has 0 aliphatic heterocycles. The van der Waals surface area contributed by atoms with Gasteiger partial charge in [-0.25, -0.2) is 0 Å². The fraction of sp³-hybridized carbons (Fsp3) is 0.143. The van der Waals surface area contributed by atoms with E-state index in [1.54, 1.807) is 0 Å². The van der Waals surface area contributed by atoms with Crippen molar-refractivity contribution in [2.24, 2.45) is 0 Å². The highest BCUT2D eigenvalue weighted by atomic mass is 79.9. The average Bonchev–Trinajstić information content (AvgIpc) is 2.00. The van der Waals surface area contributed by atoms with Crippen LogP contribution in [0.5, 0.6) is 0 Å². The monoisotopic (exact) mass is 304 g/mol. The van der Waals surface area contributed by atoms with Crippen LogP contribution in [-0.4, -0.2) is 13.0 Å². The van der Waals surface area contributed by atoms with Crippen molar-refractivity contribution >= 4 is 26.0 Å². The van der Waals surface area contributed by atoms with Gasteiger partial charge in [-0.05, 0) is 18.2 Å². The van der Waals surface area contributed by atoms with Gasteiger partial charge in [0, 0.05) is 4.47 Å². The molecule has 0 radical (unpaired) electrons. The topological polar surface area (TPSA) is 54.4 Å². The fourth-order valence-corrected chi connectivity index (χ4v) is 1.86. The van der Waals surface area contributed by atoms with E-state index in [0.717, 1.165) is 12.1 Å². The zero-order valence-corrected chi connectivity index (χ0v) is 9.32. The predicted octanol–water partition coefficient (Wildman–Crippen LogP) is 2.71. The second-order valence-electron chi connectivity index (χ2n) is 2.61. The summed E-state index contributed by atoms with van der Waals surface area (Å²) in [4.78, 5) is -0.793. The van der Waals surface area contributed by atoms with Crippen LogP contribution in [-0.2, 0) is 16.3 Å². The summed E-state index contributed by atoms with van der Waals surface area (Å²) < 4.78 is 66.4. The molecule has 8 heteroatoms. The third-order valence-corrected chi connectivity index (χ3v) is 3.08. The molecule has 0 aromatic heterocycles. The first-order valence-electron chi connectivity index (χ1n) is 3.46. The smallest absolute Gasteiger partial charge is 0.282 e. The van der Waals surface area contributed by atoms with Gasteiger partial charge in [0.2, 0.25) is 0 Å². The van der Waals surface area contributed by atoms with Crippen LogP contribution in [0.25, 0.3) is 0 Å². The van der Waals surface area contributed by atoms with Crippen molar-refractivity contribution in [2.75, 3.05) is 0 Å². The van der Waals surface area contributed by atoms with Gasteiger partial charge in [0.1, 0.15) is 0 Å². The van der Waals surface area contributed by atoms with E-state index in [4.69, 9.17) is 4.55 Å². The highest BCUT2D eigenvalue weighted by Crippen LogP contribution is 2.35. The van der Waals surface area contributed by atoms with Gasteiger partial charge in [-0.1, -0.05) is 15.9 Å². The highest BCUT2D eigenvalue weighted by Gasteiger charge is 2.34. The maximum Gasteiger partial charge on any atom is 0.417 e. The highest BCUT2D eigenvalue weighted by molar-refractivity contribution is 9.10. The van der Waals surface area contributed by atoms with E-state index in [0.29, 0.717) is 6.07 Å². The lowest BCUT2D eigenvalue weighted by Gasteiger charge is -2.09. The van der Waals surface area contributed by atoms with Crippen molar-refractivity contribution in [1.29, 1.82) is 0 Å². The molecule has 15 heavy (non-hydrogen) atoms. The Labute approximate surface area is 91.8 Å². The molecule has 1 aromatic rings. The summed E-state index contributed by atoms with van der Waals surface area (Å²) in [6, 6.07) is 2.14. The Morgan fingerprint density at radius 3 is 2.20 bits per heavy atom. The van der Waals surface area contributed by atoms with Crippen molar-refractivity contribution in [1.82, 2.24) is 0 Å². The normalized spacial score (nSPS) is 12.9. The van der Waals surface area contributed by atoms with Crippen LogP contribution in [0.1, 0.15) is 5.56 Å². The van der Waals surface area contributed by atoms with E-state index in [9.17, 15) is 21.6 Å². The van der Waals surface area contributed by atoms with Crippen LogP contribution < -0.4 is 0 Å². The van der Waals surface area contributed by atoms with Gasteiger partial charge < -0.3 is 0 Å². The van der Waals surface area contributed by atoms with E-state index >= 15 is 0 Å². The molecule has 0 heterocycles. The van der Waals surface area contributed by atoms with Crippen LogP contribution >= 0.6 is 15.9 Å². The number of benzene rings is 1. The molecule has 84 valence electrons. The number of hydrogen-bond acceptors (Lipinski definition) is 2. The first-order valence-corrected chi connectivity index (χ1v) is 5.70. The molecular formula is C7H4BrF3O3S. The van der Waals surface area contributed by atoms with E-state index in [2.05, 4.69) is 15.9 Å². The third-order valence-electron chi connectivity index (χ3n) is 1.54. The molecular weight excluding hydrogens is 301 g/mol. The zero-order valence-electron chi connectivity index (χ0n) is 6.92. The molecule has 0 spiro atoms. The van der Waals surface area contributed by atoms with E-state index < -0.39 is 26.8 Å². The summed E-state index contributed by atoms with van der Waals surface area (Å²) in [5, 5.41) is 0. The van der Waals surface area contributed by atoms with Crippen LogP contribution in [0.2, 0.25) is 0 Å². The Kier molecular flexibility index (Phi) is 3.13. The molecule has 0 amide bonds. The van der Waals surface area contributed by atoms with Gasteiger partial charge in [0.15, 0.2) is 0 Å². The van der Waals surface area contributed by atoms with Crippen molar-refractivity contribution in [2.45, 2.75) is 11.1 Å². The van der Waals surface area contributed by atoms with Gasteiger partial charge in [0.05, 0.1) is 10.5 Å². The van der Waals surface area contributed by atoms with Crippen molar-refractivity contribution in [3.05, 3.63) is 28.2 Å². The number of alkyl halides is 3. The minimum absolute atomic E-state index is 0.289. The summed E-state index contributed by atoms with van der Waals surface area (Å²) in [7, 11) is -4.62. The first-order chi connectivity index (χ1) is 6.62. The summed E-state index contributed by atoms with van der Waals surface area (Å²) >= 11 is 2.64. The molecule has 0 atom stereocenters. The molecule has 0 aliphatic rings. The first kappa shape index (κ1) is 12.5. The molecule has 0 saturated heterocycles. The molecule has 0 bridgehead atoms. The predicted molar refractivity (Wildman–Crippen MR) is 49.0 cm³/mol. The van der Waals surface area contributed by atoms with Gasteiger partial charge in [-0.15, -0.1) is 0 Å². The molecule has 1 N–H and O–H groups in total. The van der Waals surface area contributed by atoms with Gasteiger partial charge in [0.25, 0.3) is 10.1 Å². The fourth-order valence-electron chi connectivity index (χ4n) is 0.882. The van der Waals surface area contributed by atoms with Gasteiger partial charge >= 0.3 is 6.18 Å². The van der Waals surface area contributed by atoms with Crippen molar-refractivity contribution < 1.29 is 26.1 Å². The SMILES string of the molecule is O=S(=O)(O)c1ccc(Br)c(C(F)(F)F)c1. The van der Waals surface area contributed by atoms with Crippen LogP contribution in [0.4, 0.5) is 13.2 Å². The summed E-state index contributed by atoms with van der Waals surface area (Å²) in [6.07, 6.45) is -4.68. The Morgan fingerprint density at radius 1 is 1.27 bits per heavy atom. The summed E-state index contributed by atoms with van der Waals surface area (Å²) in [5.41, 5.74) is -1.15. The maximum atomic E-state index is 12.3. The second-order valence-corrected chi connectivity index (χ2v) is 4.89. The Bertz CT molecular complexity index is 481. The van der Waals surface area contributed by atoms with Gasteiger partial charge in [-0.3, -0.25) is 4.55 Å². The molecule has 1 rings (SSSR count). The van der Waals surface area contributed by atoms with Crippen molar-refractivity contribution in [3.63, 3.8) is 0 Å². The molecule has 0 unspecified atom stereocenters. The second kappa shape index (κ2) is 3.76. The zero-order chi connectivity index (χ0) is 11.9. The summed E-state index contributed by atoms with van der Waals surface area (Å²) in [5.74, 6) is 0. The number of rotatable bonds is 1. The third kappa shape index (κ3) is 2.93. The summed E-state index contributed by atoms with van der Waals surface area (Å²) in [6.45, 7) is 0. The Morgan fingerprint density at radius 2 is 1.80 bits per heavy atom. The Balaban J connectivity index is 3.43. The van der Waals surface area contributed by atoms with Crippen LogP contribution in [0.3, 0.4) is 0 Å².